The van der Waals surface area contributed by atoms with Crippen LogP contribution in [0.1, 0.15) is 53.5 Å². The van der Waals surface area contributed by atoms with Crippen LogP contribution in [-0.4, -0.2) is 106 Å². The first kappa shape index (κ1) is 41.9. The van der Waals surface area contributed by atoms with Gasteiger partial charge in [-0.15, -0.1) is 0 Å². The second kappa shape index (κ2) is 19.1. The fourth-order valence-corrected chi connectivity index (χ4v) is 6.13. The van der Waals surface area contributed by atoms with E-state index in [0.29, 0.717) is 58.4 Å². The number of anilines is 2. The van der Waals surface area contributed by atoms with E-state index < -0.39 is 17.6 Å². The van der Waals surface area contributed by atoms with Crippen molar-refractivity contribution in [1.82, 2.24) is 20.4 Å². The molecule has 3 N–H and O–H groups in total. The molecule has 0 radical (unpaired) electrons. The summed E-state index contributed by atoms with van der Waals surface area (Å²) in [4.78, 5) is 57.1. The summed E-state index contributed by atoms with van der Waals surface area (Å²) >= 11 is 0. The lowest BCUT2D eigenvalue weighted by Crippen LogP contribution is -2.45. The first-order valence-corrected chi connectivity index (χ1v) is 18.8. The number of carbonyl (C=O) groups excluding carboxylic acids is 4. The predicted octanol–water partition coefficient (Wildman–Crippen LogP) is 5.54. The number of benzene rings is 3. The van der Waals surface area contributed by atoms with Gasteiger partial charge in [0.25, 0.3) is 11.8 Å². The summed E-state index contributed by atoms with van der Waals surface area (Å²) in [6, 6.07) is 17.2. The molecule has 2 heterocycles. The molecule has 2 aliphatic rings. The van der Waals surface area contributed by atoms with Crippen molar-refractivity contribution in [1.29, 1.82) is 0 Å². The van der Waals surface area contributed by atoms with Gasteiger partial charge in [-0.05, 0) is 101 Å². The van der Waals surface area contributed by atoms with Crippen LogP contribution in [0.4, 0.5) is 16.2 Å². The summed E-state index contributed by atoms with van der Waals surface area (Å²) in [7, 11) is 5.19. The number of allylic oxidation sites excluding steroid dienone is 2. The lowest BCUT2D eigenvalue weighted by molar-refractivity contribution is 0.0525. The van der Waals surface area contributed by atoms with Gasteiger partial charge < -0.3 is 49.6 Å². The molecule has 302 valence electrons. The molecule has 14 heteroatoms. The van der Waals surface area contributed by atoms with E-state index in [9.17, 15) is 19.2 Å². The summed E-state index contributed by atoms with van der Waals surface area (Å²) in [6.07, 6.45) is 3.80. The summed E-state index contributed by atoms with van der Waals surface area (Å²) in [6.45, 7) is 11.5. The van der Waals surface area contributed by atoms with Gasteiger partial charge in [0.2, 0.25) is 0 Å². The Morgan fingerprint density at radius 2 is 1.68 bits per heavy atom. The number of piperazine rings is 1. The predicted molar refractivity (Wildman–Crippen MR) is 219 cm³/mol. The van der Waals surface area contributed by atoms with Crippen LogP contribution in [0.25, 0.3) is 0 Å². The Kier molecular flexibility index (Phi) is 14.0. The number of carbonyl (C=O) groups is 3. The van der Waals surface area contributed by atoms with Crippen LogP contribution >= 0.6 is 0 Å². The summed E-state index contributed by atoms with van der Waals surface area (Å²) in [5, 5.41) is 8.72. The molecule has 0 unspecified atom stereocenters. The number of alkyl carbamates (subject to hydrolysis) is 1. The number of amides is 3. The number of hydrogen-bond acceptors (Lipinski definition) is 11. The van der Waals surface area contributed by atoms with Gasteiger partial charge >= 0.3 is 6.09 Å². The van der Waals surface area contributed by atoms with Crippen LogP contribution in [-0.2, 0) is 9.53 Å². The Bertz CT molecular complexity index is 2060. The Morgan fingerprint density at radius 1 is 0.930 bits per heavy atom. The SMILES string of the molecule is COc1cc(C(=O)N(C)c2ccc(C)cc2OCC2=CC=C(N3CCN(C)CC3)C(=C=O)N2)ccc1NC(=O)c1ccccc1OCCCNC(=O)OC(C)(C)C. The summed E-state index contributed by atoms with van der Waals surface area (Å²) in [5.41, 5.74) is 3.72. The number of likely N-dealkylation sites (N-methyl/N-ethyl adjacent to an activating group) is 1. The average molecular weight is 781 g/mol. The number of hydrogen-bond donors (Lipinski definition) is 3. The van der Waals surface area contributed by atoms with Crippen LogP contribution in [0.2, 0.25) is 0 Å². The van der Waals surface area contributed by atoms with Crippen LogP contribution in [0, 0.1) is 6.92 Å². The van der Waals surface area contributed by atoms with Gasteiger partial charge in [0.05, 0.1) is 42.0 Å². The topological polar surface area (TPSA) is 151 Å². The van der Waals surface area contributed by atoms with Gasteiger partial charge in [0.1, 0.15) is 35.2 Å². The number of nitrogens with zero attached hydrogens (tertiary/aromatic N) is 3. The number of para-hydroxylation sites is 1. The first-order chi connectivity index (χ1) is 27.3. The van der Waals surface area contributed by atoms with Crippen molar-refractivity contribution in [3.05, 3.63) is 107 Å². The monoisotopic (exact) mass is 780 g/mol. The van der Waals surface area contributed by atoms with Crippen molar-refractivity contribution in [2.45, 2.75) is 39.7 Å². The fourth-order valence-electron chi connectivity index (χ4n) is 6.13. The fraction of sp³-hybridized carbons (Fsp3) is 0.372. The zero-order chi connectivity index (χ0) is 41.1. The van der Waals surface area contributed by atoms with Crippen molar-refractivity contribution < 1.29 is 38.1 Å². The summed E-state index contributed by atoms with van der Waals surface area (Å²) in [5.74, 6) is 2.42. The molecule has 5 rings (SSSR count). The molecule has 2 aliphatic heterocycles. The lowest BCUT2D eigenvalue weighted by Gasteiger charge is -2.36. The molecule has 1 saturated heterocycles. The molecule has 57 heavy (non-hydrogen) atoms. The summed E-state index contributed by atoms with van der Waals surface area (Å²) < 4.78 is 23.0. The molecule has 0 aromatic heterocycles. The molecule has 1 fully saturated rings. The zero-order valence-electron chi connectivity index (χ0n) is 33.7. The Hall–Kier alpha value is -6.24. The zero-order valence-corrected chi connectivity index (χ0v) is 33.7. The van der Waals surface area contributed by atoms with Crippen LogP contribution in [0.5, 0.6) is 17.2 Å². The van der Waals surface area contributed by atoms with E-state index in [1.165, 1.54) is 12.0 Å². The largest absolute Gasteiger partial charge is 0.495 e. The normalized spacial score (nSPS) is 14.3. The van der Waals surface area contributed by atoms with Gasteiger partial charge in [-0.25, -0.2) is 9.59 Å². The average Bonchev–Trinajstić information content (AvgIpc) is 3.19. The lowest BCUT2D eigenvalue weighted by atomic mass is 10.1. The molecular weight excluding hydrogens is 729 g/mol. The van der Waals surface area contributed by atoms with Gasteiger partial charge in [-0.1, -0.05) is 18.2 Å². The van der Waals surface area contributed by atoms with Crippen molar-refractivity contribution in [3.63, 3.8) is 0 Å². The van der Waals surface area contributed by atoms with E-state index in [4.69, 9.17) is 18.9 Å². The molecule has 0 spiro atoms. The molecular formula is C43H52N6O8. The second-order valence-electron chi connectivity index (χ2n) is 14.8. The maximum Gasteiger partial charge on any atom is 0.407 e. The standard InChI is InChI=1S/C43H52N6O8/c1-29-13-17-36(39(25-29)56-28-31-15-18-35(34(27-50)45-31)49-22-20-47(5)21-23-49)48(6)41(52)30-14-16-33(38(26-30)54-7)46-40(51)32-11-8-9-12-37(32)55-24-10-19-44-42(53)57-43(2,3)4/h8-9,11-18,25-26,45H,10,19-24,28H2,1-7H3,(H,44,53)(H,46,51). The van der Waals surface area contributed by atoms with Crippen LogP contribution in [0.15, 0.2) is 89.9 Å². The highest BCUT2D eigenvalue weighted by Gasteiger charge is 2.24. The minimum Gasteiger partial charge on any atom is -0.495 e. The third kappa shape index (κ3) is 11.4. The van der Waals surface area contributed by atoms with Gasteiger partial charge in [0.15, 0.2) is 5.94 Å². The Morgan fingerprint density at radius 3 is 2.40 bits per heavy atom. The maximum absolute atomic E-state index is 13.9. The molecule has 0 aliphatic carbocycles. The molecule has 0 bridgehead atoms. The molecule has 0 atom stereocenters. The third-order valence-corrected chi connectivity index (χ3v) is 9.17. The van der Waals surface area contributed by atoms with Crippen molar-refractivity contribution >= 4 is 35.2 Å². The minimum atomic E-state index is -0.591. The molecule has 0 saturated carbocycles. The Labute approximate surface area is 334 Å². The molecule has 3 aromatic rings. The van der Waals surface area contributed by atoms with Crippen molar-refractivity contribution in [3.8, 4) is 17.2 Å². The minimum absolute atomic E-state index is 0.123. The number of dihydropyridines is 1. The first-order valence-electron chi connectivity index (χ1n) is 18.8. The van der Waals surface area contributed by atoms with E-state index in [2.05, 4.69) is 32.8 Å². The number of rotatable bonds is 14. The second-order valence-corrected chi connectivity index (χ2v) is 14.8. The van der Waals surface area contributed by atoms with Crippen LogP contribution in [0.3, 0.4) is 0 Å². The van der Waals surface area contributed by atoms with E-state index in [1.54, 1.807) is 70.3 Å². The van der Waals surface area contributed by atoms with Crippen LogP contribution < -0.4 is 35.1 Å². The van der Waals surface area contributed by atoms with Crippen molar-refractivity contribution in [2.24, 2.45) is 0 Å². The quantitative estimate of drug-likeness (QED) is 0.140. The van der Waals surface area contributed by atoms with E-state index in [-0.39, 0.29) is 24.9 Å². The van der Waals surface area contributed by atoms with Gasteiger partial charge in [-0.2, -0.15) is 0 Å². The number of ether oxygens (including phenoxy) is 4. The van der Waals surface area contributed by atoms with E-state index >= 15 is 0 Å². The number of nitrogens with one attached hydrogen (secondary N) is 3. The molecule has 14 nitrogen and oxygen atoms in total. The van der Waals surface area contributed by atoms with Gasteiger partial charge in [-0.3, -0.25) is 9.59 Å². The smallest absolute Gasteiger partial charge is 0.407 e. The highest BCUT2D eigenvalue weighted by molar-refractivity contribution is 6.09. The third-order valence-electron chi connectivity index (χ3n) is 9.17. The number of methoxy groups -OCH3 is 1. The van der Waals surface area contributed by atoms with Gasteiger partial charge in [0, 0.05) is 45.3 Å². The Balaban J connectivity index is 1.22. The molecule has 3 aromatic carbocycles. The maximum atomic E-state index is 13.9. The number of aryl methyl sites for hydroxylation is 1. The van der Waals surface area contributed by atoms with Crippen molar-refractivity contribution in [2.75, 3.05) is 77.4 Å². The molecule has 3 amide bonds. The highest BCUT2D eigenvalue weighted by atomic mass is 16.6. The van der Waals surface area contributed by atoms with E-state index in [0.717, 1.165) is 37.4 Å². The van der Waals surface area contributed by atoms with E-state index in [1.807, 2.05) is 43.2 Å². The highest BCUT2D eigenvalue weighted by Crippen LogP contribution is 2.33.